The molecule has 2 nitrogen and oxygen atoms in total. The van der Waals surface area contributed by atoms with Crippen LogP contribution in [0.15, 0.2) is 54.6 Å². The summed E-state index contributed by atoms with van der Waals surface area (Å²) in [5.74, 6) is 0. The Morgan fingerprint density at radius 1 is 1.00 bits per heavy atom. The predicted molar refractivity (Wildman–Crippen MR) is 87.0 cm³/mol. The van der Waals surface area contributed by atoms with Crippen molar-refractivity contribution in [3.05, 3.63) is 64.5 Å². The molecule has 1 heterocycles. The number of benzene rings is 2. The van der Waals surface area contributed by atoms with E-state index in [1.807, 2.05) is 42.5 Å². The van der Waals surface area contributed by atoms with Crippen LogP contribution in [0.4, 0.5) is 10.8 Å². The van der Waals surface area contributed by atoms with Crippen LogP contribution in [0.5, 0.6) is 0 Å². The van der Waals surface area contributed by atoms with E-state index in [0.717, 1.165) is 27.1 Å². The first kappa shape index (κ1) is 13.2. The molecule has 1 aromatic heterocycles. The van der Waals surface area contributed by atoms with E-state index in [-0.39, 0.29) is 0 Å². The molecule has 0 saturated carbocycles. The molecule has 0 aliphatic rings. The van der Waals surface area contributed by atoms with E-state index in [1.54, 1.807) is 11.3 Å². The monoisotopic (exact) mass is 300 g/mol. The van der Waals surface area contributed by atoms with Crippen molar-refractivity contribution in [1.29, 1.82) is 0 Å². The standard InChI is InChI=1S/C16H13ClN2S/c1-11-15(12-5-3-2-4-6-12)19-16(20-11)18-14-9-7-13(17)8-10-14/h2-10H,1H3,(H,18,19). The summed E-state index contributed by atoms with van der Waals surface area (Å²) in [6.45, 7) is 2.09. The summed E-state index contributed by atoms with van der Waals surface area (Å²) in [5, 5.41) is 4.94. The molecule has 0 amide bonds. The van der Waals surface area contributed by atoms with Gasteiger partial charge in [-0.2, -0.15) is 0 Å². The lowest BCUT2D eigenvalue weighted by atomic mass is 10.1. The second kappa shape index (κ2) is 5.65. The molecule has 4 heteroatoms. The van der Waals surface area contributed by atoms with Crippen molar-refractivity contribution in [3.63, 3.8) is 0 Å². The molecular formula is C16H13ClN2S. The number of rotatable bonds is 3. The third-order valence-corrected chi connectivity index (χ3v) is 4.08. The zero-order valence-corrected chi connectivity index (χ0v) is 12.5. The van der Waals surface area contributed by atoms with E-state index in [1.165, 1.54) is 4.88 Å². The number of hydrogen-bond donors (Lipinski definition) is 1. The minimum Gasteiger partial charge on any atom is -0.332 e. The second-order valence-corrected chi connectivity index (χ2v) is 6.06. The van der Waals surface area contributed by atoms with Crippen LogP contribution in [-0.2, 0) is 0 Å². The van der Waals surface area contributed by atoms with E-state index in [4.69, 9.17) is 11.6 Å². The maximum Gasteiger partial charge on any atom is 0.187 e. The van der Waals surface area contributed by atoms with Gasteiger partial charge in [-0.3, -0.25) is 0 Å². The van der Waals surface area contributed by atoms with Crippen LogP contribution in [0.1, 0.15) is 4.88 Å². The molecule has 100 valence electrons. The first-order valence-corrected chi connectivity index (χ1v) is 7.47. The van der Waals surface area contributed by atoms with Crippen LogP contribution in [0.3, 0.4) is 0 Å². The average Bonchev–Trinajstić information content (AvgIpc) is 2.83. The predicted octanol–water partition coefficient (Wildman–Crippen LogP) is 5.52. The molecule has 2 aromatic carbocycles. The summed E-state index contributed by atoms with van der Waals surface area (Å²) < 4.78 is 0. The molecule has 0 radical (unpaired) electrons. The number of hydrogen-bond acceptors (Lipinski definition) is 3. The zero-order valence-electron chi connectivity index (χ0n) is 10.9. The summed E-state index contributed by atoms with van der Waals surface area (Å²) in [6, 6.07) is 17.8. The maximum absolute atomic E-state index is 5.88. The number of aryl methyl sites for hydroxylation is 1. The molecule has 0 saturated heterocycles. The Morgan fingerprint density at radius 2 is 1.70 bits per heavy atom. The quantitative estimate of drug-likeness (QED) is 0.689. The molecule has 0 aliphatic heterocycles. The third-order valence-electron chi connectivity index (χ3n) is 2.94. The van der Waals surface area contributed by atoms with E-state index >= 15 is 0 Å². The third kappa shape index (κ3) is 2.84. The van der Waals surface area contributed by atoms with Crippen LogP contribution >= 0.6 is 22.9 Å². The SMILES string of the molecule is Cc1sc(Nc2ccc(Cl)cc2)nc1-c1ccccc1. The smallest absolute Gasteiger partial charge is 0.187 e. The van der Waals surface area contributed by atoms with Gasteiger partial charge in [-0.05, 0) is 31.2 Å². The highest BCUT2D eigenvalue weighted by molar-refractivity contribution is 7.16. The minimum atomic E-state index is 0.732. The van der Waals surface area contributed by atoms with Crippen molar-refractivity contribution < 1.29 is 0 Å². The molecule has 0 unspecified atom stereocenters. The van der Waals surface area contributed by atoms with Crippen molar-refractivity contribution in [3.8, 4) is 11.3 Å². The fourth-order valence-corrected chi connectivity index (χ4v) is 2.95. The highest BCUT2D eigenvalue weighted by Gasteiger charge is 2.09. The zero-order chi connectivity index (χ0) is 13.9. The molecule has 1 N–H and O–H groups in total. The maximum atomic E-state index is 5.88. The number of halogens is 1. The normalized spacial score (nSPS) is 10.5. The Hall–Kier alpha value is -1.84. The van der Waals surface area contributed by atoms with Gasteiger partial charge in [0.2, 0.25) is 0 Å². The topological polar surface area (TPSA) is 24.9 Å². The van der Waals surface area contributed by atoms with Crippen LogP contribution in [-0.4, -0.2) is 4.98 Å². The van der Waals surface area contributed by atoms with Gasteiger partial charge in [0.05, 0.1) is 5.69 Å². The number of aromatic nitrogens is 1. The largest absolute Gasteiger partial charge is 0.332 e. The number of nitrogens with zero attached hydrogens (tertiary/aromatic N) is 1. The van der Waals surface area contributed by atoms with Crippen molar-refractivity contribution in [2.45, 2.75) is 6.92 Å². The van der Waals surface area contributed by atoms with Gasteiger partial charge in [-0.1, -0.05) is 41.9 Å². The van der Waals surface area contributed by atoms with E-state index < -0.39 is 0 Å². The summed E-state index contributed by atoms with van der Waals surface area (Å²) in [4.78, 5) is 5.87. The Bertz CT molecular complexity index is 705. The van der Waals surface area contributed by atoms with Crippen LogP contribution in [0.2, 0.25) is 5.02 Å². The highest BCUT2D eigenvalue weighted by atomic mass is 35.5. The lowest BCUT2D eigenvalue weighted by Crippen LogP contribution is -1.89. The highest BCUT2D eigenvalue weighted by Crippen LogP contribution is 2.31. The fourth-order valence-electron chi connectivity index (χ4n) is 1.97. The lowest BCUT2D eigenvalue weighted by molar-refractivity contribution is 1.36. The van der Waals surface area contributed by atoms with Gasteiger partial charge in [0.25, 0.3) is 0 Å². The molecule has 20 heavy (non-hydrogen) atoms. The fraction of sp³-hybridized carbons (Fsp3) is 0.0625. The summed E-state index contributed by atoms with van der Waals surface area (Å²) in [7, 11) is 0. The average molecular weight is 301 g/mol. The molecule has 0 aliphatic carbocycles. The molecule has 3 aromatic rings. The summed E-state index contributed by atoms with van der Waals surface area (Å²) in [6.07, 6.45) is 0. The number of nitrogens with one attached hydrogen (secondary N) is 1. The Morgan fingerprint density at radius 3 is 2.40 bits per heavy atom. The van der Waals surface area contributed by atoms with Crippen molar-refractivity contribution in [2.75, 3.05) is 5.32 Å². The molecule has 0 atom stereocenters. The Labute approximate surface area is 127 Å². The minimum absolute atomic E-state index is 0.732. The van der Waals surface area contributed by atoms with Crippen LogP contribution in [0, 0.1) is 6.92 Å². The Kier molecular flexibility index (Phi) is 3.72. The first-order chi connectivity index (χ1) is 9.72. The van der Waals surface area contributed by atoms with Gasteiger partial charge in [0.1, 0.15) is 0 Å². The molecule has 0 spiro atoms. The number of anilines is 2. The van der Waals surface area contributed by atoms with E-state index in [2.05, 4.69) is 29.4 Å². The first-order valence-electron chi connectivity index (χ1n) is 6.28. The van der Waals surface area contributed by atoms with Gasteiger partial charge in [0, 0.05) is 21.2 Å². The second-order valence-electron chi connectivity index (χ2n) is 4.42. The molecule has 0 fully saturated rings. The van der Waals surface area contributed by atoms with E-state index in [9.17, 15) is 0 Å². The van der Waals surface area contributed by atoms with Gasteiger partial charge >= 0.3 is 0 Å². The molecule has 3 rings (SSSR count). The summed E-state index contributed by atoms with van der Waals surface area (Å²) >= 11 is 7.54. The van der Waals surface area contributed by atoms with Gasteiger partial charge in [-0.15, -0.1) is 11.3 Å². The summed E-state index contributed by atoms with van der Waals surface area (Å²) in [5.41, 5.74) is 3.17. The van der Waals surface area contributed by atoms with Gasteiger partial charge in [0.15, 0.2) is 5.13 Å². The van der Waals surface area contributed by atoms with E-state index in [0.29, 0.717) is 0 Å². The van der Waals surface area contributed by atoms with Crippen molar-refractivity contribution >= 4 is 33.8 Å². The number of thiazole rings is 1. The molecular weight excluding hydrogens is 288 g/mol. The lowest BCUT2D eigenvalue weighted by Gasteiger charge is -2.01. The van der Waals surface area contributed by atoms with Crippen molar-refractivity contribution in [2.24, 2.45) is 0 Å². The van der Waals surface area contributed by atoms with Gasteiger partial charge in [-0.25, -0.2) is 4.98 Å². The molecule has 0 bridgehead atoms. The Balaban J connectivity index is 1.87. The van der Waals surface area contributed by atoms with Gasteiger partial charge < -0.3 is 5.32 Å². The van der Waals surface area contributed by atoms with Crippen LogP contribution < -0.4 is 5.32 Å². The van der Waals surface area contributed by atoms with Crippen LogP contribution in [0.25, 0.3) is 11.3 Å². The van der Waals surface area contributed by atoms with Crippen molar-refractivity contribution in [1.82, 2.24) is 4.98 Å².